The number of carbonyl (C=O) groups is 3. The SMILES string of the molecule is CN(CC(=O)OCC(=O)Nc1ccc(C(N)=O)cc1)S(=O)(=O)c1ccc(Cl)cc1. The summed E-state index contributed by atoms with van der Waals surface area (Å²) in [4.78, 5) is 34.7. The minimum atomic E-state index is -3.91. The van der Waals surface area contributed by atoms with Gasteiger partial charge in [-0.2, -0.15) is 4.31 Å². The quantitative estimate of drug-likeness (QED) is 0.594. The van der Waals surface area contributed by atoms with Crippen LogP contribution in [0.4, 0.5) is 5.69 Å². The van der Waals surface area contributed by atoms with Crippen LogP contribution in [-0.4, -0.2) is 50.7 Å². The number of nitrogens with two attached hydrogens (primary N) is 1. The number of ether oxygens (including phenoxy) is 1. The highest BCUT2D eigenvalue weighted by Gasteiger charge is 2.23. The molecule has 2 aromatic carbocycles. The molecule has 0 radical (unpaired) electrons. The molecule has 29 heavy (non-hydrogen) atoms. The lowest BCUT2D eigenvalue weighted by Crippen LogP contribution is -2.34. The minimum Gasteiger partial charge on any atom is -0.455 e. The summed E-state index contributed by atoms with van der Waals surface area (Å²) >= 11 is 5.74. The zero-order chi connectivity index (χ0) is 21.6. The molecule has 0 aliphatic carbocycles. The Hall–Kier alpha value is -2.95. The third-order valence-corrected chi connectivity index (χ3v) is 5.76. The third kappa shape index (κ3) is 6.28. The molecule has 9 nitrogen and oxygen atoms in total. The average Bonchev–Trinajstić information content (AvgIpc) is 2.67. The van der Waals surface area contributed by atoms with Gasteiger partial charge in [-0.25, -0.2) is 8.42 Å². The number of nitrogens with one attached hydrogen (secondary N) is 1. The van der Waals surface area contributed by atoms with Gasteiger partial charge in [-0.15, -0.1) is 0 Å². The van der Waals surface area contributed by atoms with E-state index in [9.17, 15) is 22.8 Å². The molecule has 0 aliphatic rings. The number of sulfonamides is 1. The van der Waals surface area contributed by atoms with E-state index >= 15 is 0 Å². The van der Waals surface area contributed by atoms with Crippen LogP contribution < -0.4 is 11.1 Å². The van der Waals surface area contributed by atoms with E-state index in [0.717, 1.165) is 4.31 Å². The molecule has 0 aliphatic heterocycles. The molecule has 2 amide bonds. The highest BCUT2D eigenvalue weighted by Crippen LogP contribution is 2.17. The molecule has 0 bridgehead atoms. The van der Waals surface area contributed by atoms with E-state index in [1.807, 2.05) is 0 Å². The molecule has 0 aromatic heterocycles. The van der Waals surface area contributed by atoms with Crippen molar-refractivity contribution < 1.29 is 27.5 Å². The number of benzene rings is 2. The fraction of sp³-hybridized carbons (Fsp3) is 0.167. The highest BCUT2D eigenvalue weighted by atomic mass is 35.5. The van der Waals surface area contributed by atoms with E-state index in [-0.39, 0.29) is 10.5 Å². The molecule has 2 rings (SSSR count). The molecule has 0 heterocycles. The summed E-state index contributed by atoms with van der Waals surface area (Å²) in [5.41, 5.74) is 5.77. The molecule has 0 saturated carbocycles. The fourth-order valence-corrected chi connectivity index (χ4v) is 3.40. The Morgan fingerprint density at radius 3 is 2.21 bits per heavy atom. The number of rotatable bonds is 8. The predicted octanol–water partition coefficient (Wildman–Crippen LogP) is 1.24. The molecule has 0 atom stereocenters. The van der Waals surface area contributed by atoms with Gasteiger partial charge in [0.2, 0.25) is 15.9 Å². The first-order valence-electron chi connectivity index (χ1n) is 8.17. The standard InChI is InChI=1S/C18H18ClN3O6S/c1-22(29(26,27)15-8-4-13(19)5-9-15)10-17(24)28-11-16(23)21-14-6-2-12(3-7-14)18(20)25/h2-9H,10-11H2,1H3,(H2,20,25)(H,21,23). The second kappa shape index (κ2) is 9.50. The molecular formula is C18H18ClN3O6S. The van der Waals surface area contributed by atoms with Crippen LogP contribution in [-0.2, 0) is 24.3 Å². The van der Waals surface area contributed by atoms with Gasteiger partial charge in [0.15, 0.2) is 6.61 Å². The first kappa shape index (κ1) is 22.3. The summed E-state index contributed by atoms with van der Waals surface area (Å²) in [6.45, 7) is -1.18. The monoisotopic (exact) mass is 439 g/mol. The summed E-state index contributed by atoms with van der Waals surface area (Å²) in [6.07, 6.45) is 0. The van der Waals surface area contributed by atoms with Crippen LogP contribution in [0.5, 0.6) is 0 Å². The fourth-order valence-electron chi connectivity index (χ4n) is 2.16. The molecule has 3 N–H and O–H groups in total. The number of esters is 1. The number of nitrogens with zero attached hydrogens (tertiary/aromatic N) is 1. The smallest absolute Gasteiger partial charge is 0.321 e. The summed E-state index contributed by atoms with van der Waals surface area (Å²) in [7, 11) is -2.70. The van der Waals surface area contributed by atoms with Crippen molar-refractivity contribution in [1.82, 2.24) is 4.31 Å². The third-order valence-electron chi connectivity index (χ3n) is 3.69. The van der Waals surface area contributed by atoms with Gasteiger partial charge in [0.25, 0.3) is 5.91 Å². The molecule has 0 spiro atoms. The van der Waals surface area contributed by atoms with Crippen molar-refractivity contribution in [3.63, 3.8) is 0 Å². The van der Waals surface area contributed by atoms with E-state index in [4.69, 9.17) is 22.1 Å². The Kier molecular flexibility index (Phi) is 7.32. The molecule has 2 aromatic rings. The molecule has 11 heteroatoms. The minimum absolute atomic E-state index is 0.0330. The van der Waals surface area contributed by atoms with E-state index in [0.29, 0.717) is 10.7 Å². The van der Waals surface area contributed by atoms with Gasteiger partial charge in [0, 0.05) is 23.3 Å². The van der Waals surface area contributed by atoms with Crippen molar-refractivity contribution in [3.05, 3.63) is 59.1 Å². The van der Waals surface area contributed by atoms with E-state index in [1.165, 1.54) is 55.6 Å². The van der Waals surface area contributed by atoms with E-state index in [1.54, 1.807) is 0 Å². The van der Waals surface area contributed by atoms with Gasteiger partial charge >= 0.3 is 5.97 Å². The second-order valence-electron chi connectivity index (χ2n) is 5.87. The Morgan fingerprint density at radius 1 is 1.07 bits per heavy atom. The van der Waals surface area contributed by atoms with Gasteiger partial charge in [-0.3, -0.25) is 14.4 Å². The van der Waals surface area contributed by atoms with Crippen LogP contribution in [0.1, 0.15) is 10.4 Å². The van der Waals surface area contributed by atoms with Gasteiger partial charge < -0.3 is 15.8 Å². The number of halogens is 1. The maximum Gasteiger partial charge on any atom is 0.321 e. The first-order chi connectivity index (χ1) is 13.6. The second-order valence-corrected chi connectivity index (χ2v) is 8.35. The molecular weight excluding hydrogens is 422 g/mol. The summed E-state index contributed by atoms with van der Waals surface area (Å²) in [6, 6.07) is 11.3. The topological polar surface area (TPSA) is 136 Å². The maximum absolute atomic E-state index is 12.4. The lowest BCUT2D eigenvalue weighted by Gasteiger charge is -2.16. The van der Waals surface area contributed by atoms with Crippen LogP contribution >= 0.6 is 11.6 Å². The van der Waals surface area contributed by atoms with Crippen molar-refractivity contribution in [2.24, 2.45) is 5.73 Å². The van der Waals surface area contributed by atoms with Crippen molar-refractivity contribution in [3.8, 4) is 0 Å². The average molecular weight is 440 g/mol. The number of likely N-dealkylation sites (N-methyl/N-ethyl adjacent to an activating group) is 1. The molecule has 0 unspecified atom stereocenters. The number of carbonyl (C=O) groups excluding carboxylic acids is 3. The predicted molar refractivity (Wildman–Crippen MR) is 106 cm³/mol. The number of amides is 2. The van der Waals surface area contributed by atoms with Gasteiger partial charge in [-0.1, -0.05) is 11.6 Å². The Balaban J connectivity index is 1.86. The lowest BCUT2D eigenvalue weighted by molar-refractivity contribution is -0.147. The van der Waals surface area contributed by atoms with Gasteiger partial charge in [0.05, 0.1) is 4.90 Å². The highest BCUT2D eigenvalue weighted by molar-refractivity contribution is 7.89. The van der Waals surface area contributed by atoms with Crippen LogP contribution in [0.15, 0.2) is 53.4 Å². The van der Waals surface area contributed by atoms with E-state index in [2.05, 4.69) is 5.32 Å². The first-order valence-corrected chi connectivity index (χ1v) is 9.98. The van der Waals surface area contributed by atoms with Crippen LogP contribution in [0, 0.1) is 0 Å². The number of hydrogen-bond donors (Lipinski definition) is 2. The van der Waals surface area contributed by atoms with E-state index < -0.39 is 41.0 Å². The zero-order valence-electron chi connectivity index (χ0n) is 15.3. The van der Waals surface area contributed by atoms with Crippen LogP contribution in [0.25, 0.3) is 0 Å². The number of anilines is 1. The Bertz CT molecular complexity index is 1010. The van der Waals surface area contributed by atoms with Crippen LogP contribution in [0.2, 0.25) is 5.02 Å². The number of primary amides is 1. The summed E-state index contributed by atoms with van der Waals surface area (Å²) in [5, 5.41) is 2.84. The van der Waals surface area contributed by atoms with Crippen molar-refractivity contribution in [2.75, 3.05) is 25.5 Å². The van der Waals surface area contributed by atoms with Gasteiger partial charge in [-0.05, 0) is 48.5 Å². The number of hydrogen-bond acceptors (Lipinski definition) is 6. The van der Waals surface area contributed by atoms with Gasteiger partial charge in [0.1, 0.15) is 6.54 Å². The normalized spacial score (nSPS) is 11.1. The molecule has 0 saturated heterocycles. The maximum atomic E-state index is 12.4. The summed E-state index contributed by atoms with van der Waals surface area (Å²) < 4.78 is 30.4. The summed E-state index contributed by atoms with van der Waals surface area (Å²) in [5.74, 6) is -2.13. The lowest BCUT2D eigenvalue weighted by atomic mass is 10.2. The Morgan fingerprint density at radius 2 is 1.66 bits per heavy atom. The largest absolute Gasteiger partial charge is 0.455 e. The molecule has 0 fully saturated rings. The van der Waals surface area contributed by atoms with Crippen molar-refractivity contribution >= 4 is 45.1 Å². The molecule has 154 valence electrons. The zero-order valence-corrected chi connectivity index (χ0v) is 16.9. The van der Waals surface area contributed by atoms with Crippen molar-refractivity contribution in [1.29, 1.82) is 0 Å². The Labute approximate surface area is 172 Å². The van der Waals surface area contributed by atoms with Crippen LogP contribution in [0.3, 0.4) is 0 Å². The van der Waals surface area contributed by atoms with Crippen molar-refractivity contribution in [2.45, 2.75) is 4.90 Å².